The number of nitrogens with one attached hydrogen (secondary N) is 1. The highest BCUT2D eigenvalue weighted by atomic mass is 79.9. The minimum atomic E-state index is -1.44. The number of hydrogen-bond donors (Lipinski definition) is 1. The quantitative estimate of drug-likeness (QED) is 0.285. The Kier molecular flexibility index (Phi) is 5.42. The first-order chi connectivity index (χ1) is 19.0. The van der Waals surface area contributed by atoms with Gasteiger partial charge in [-0.2, -0.15) is 0 Å². The van der Waals surface area contributed by atoms with Crippen LogP contribution in [0.15, 0.2) is 114 Å². The maximum absolute atomic E-state index is 14.6. The largest absolute Gasteiger partial charge is 0.358 e. The molecule has 3 aliphatic rings. The van der Waals surface area contributed by atoms with Gasteiger partial charge in [0.25, 0.3) is 0 Å². The average molecular weight is 575 g/mol. The lowest BCUT2D eigenvalue weighted by Gasteiger charge is -2.35. The van der Waals surface area contributed by atoms with E-state index in [9.17, 15) is 14.4 Å². The Bertz CT molecular complexity index is 1680. The van der Waals surface area contributed by atoms with Gasteiger partial charge in [0.05, 0.1) is 12.0 Å². The predicted octanol–water partition coefficient (Wildman–Crippen LogP) is 6.43. The zero-order valence-electron chi connectivity index (χ0n) is 20.8. The van der Waals surface area contributed by atoms with Gasteiger partial charge in [-0.3, -0.25) is 14.4 Å². The number of nitrogens with zero attached hydrogens (tertiary/aromatic N) is 1. The highest BCUT2D eigenvalue weighted by Crippen LogP contribution is 2.61. The van der Waals surface area contributed by atoms with E-state index < -0.39 is 23.4 Å². The molecule has 7 rings (SSSR count). The summed E-state index contributed by atoms with van der Waals surface area (Å²) < 4.78 is 0.853. The van der Waals surface area contributed by atoms with Crippen LogP contribution in [-0.4, -0.2) is 28.4 Å². The van der Waals surface area contributed by atoms with Crippen LogP contribution in [0.4, 0.5) is 5.69 Å². The molecule has 3 heterocycles. The second-order valence-electron chi connectivity index (χ2n) is 10.2. The summed E-state index contributed by atoms with van der Waals surface area (Å²) in [5.41, 5.74) is 2.78. The van der Waals surface area contributed by atoms with E-state index in [1.54, 1.807) is 24.3 Å². The van der Waals surface area contributed by atoms with E-state index in [1.807, 2.05) is 96.0 Å². The van der Waals surface area contributed by atoms with Crippen LogP contribution < -0.4 is 5.32 Å². The molecule has 6 heteroatoms. The number of carbonyl (C=O) groups excluding carboxylic acids is 3. The number of anilines is 1. The highest BCUT2D eigenvalue weighted by Gasteiger charge is 2.71. The molecule has 0 bridgehead atoms. The molecule has 1 fully saturated rings. The van der Waals surface area contributed by atoms with E-state index in [1.165, 1.54) is 0 Å². The van der Waals surface area contributed by atoms with E-state index in [2.05, 4.69) is 21.2 Å². The van der Waals surface area contributed by atoms with Crippen LogP contribution in [0.1, 0.15) is 43.4 Å². The van der Waals surface area contributed by atoms with Gasteiger partial charge in [0.2, 0.25) is 5.91 Å². The Morgan fingerprint density at radius 3 is 2.23 bits per heavy atom. The summed E-state index contributed by atoms with van der Waals surface area (Å²) in [6.07, 6.45) is 3.86. The van der Waals surface area contributed by atoms with Crippen molar-refractivity contribution in [2.45, 2.75) is 17.5 Å². The Morgan fingerprint density at radius 1 is 0.769 bits per heavy atom. The zero-order valence-corrected chi connectivity index (χ0v) is 22.3. The Balaban J connectivity index is 1.54. The number of halogens is 1. The fraction of sp³-hybridized carbons (Fsp3) is 0.121. The summed E-state index contributed by atoms with van der Waals surface area (Å²) in [6, 6.07) is 30.2. The van der Waals surface area contributed by atoms with Crippen molar-refractivity contribution in [2.24, 2.45) is 5.92 Å². The average Bonchev–Trinajstić information content (AvgIpc) is 3.45. The van der Waals surface area contributed by atoms with Crippen molar-refractivity contribution < 1.29 is 14.4 Å². The fourth-order valence-corrected chi connectivity index (χ4v) is 7.00. The van der Waals surface area contributed by atoms with E-state index >= 15 is 0 Å². The summed E-state index contributed by atoms with van der Waals surface area (Å²) in [5, 5.41) is 3.04. The van der Waals surface area contributed by atoms with Crippen LogP contribution in [0.2, 0.25) is 0 Å². The van der Waals surface area contributed by atoms with E-state index in [4.69, 9.17) is 0 Å². The number of amides is 1. The first kappa shape index (κ1) is 23.8. The topological polar surface area (TPSA) is 66.5 Å². The van der Waals surface area contributed by atoms with Crippen LogP contribution in [0.3, 0.4) is 0 Å². The second-order valence-corrected chi connectivity index (χ2v) is 11.1. The third-order valence-corrected chi connectivity index (χ3v) is 8.84. The first-order valence-corrected chi connectivity index (χ1v) is 13.7. The summed E-state index contributed by atoms with van der Waals surface area (Å²) in [6.45, 7) is 0. The van der Waals surface area contributed by atoms with Crippen molar-refractivity contribution in [1.82, 2.24) is 4.90 Å². The van der Waals surface area contributed by atoms with Crippen LogP contribution in [0.25, 0.3) is 6.08 Å². The standard InChI is InChI=1S/C33H23BrN2O3/c34-23-16-14-22(15-17-23)30(38)31-33(25-12-6-7-13-26(25)35-32(33)39)27(29(37)21-9-2-1-3-10-21)28-24-11-5-4-8-20(24)18-19-36(28)31/h1-19,27-28,31H,(H,35,39). The molecule has 4 aromatic carbocycles. The highest BCUT2D eigenvalue weighted by molar-refractivity contribution is 9.10. The Hall–Kier alpha value is -4.29. The van der Waals surface area contributed by atoms with E-state index in [0.717, 1.165) is 15.6 Å². The van der Waals surface area contributed by atoms with Gasteiger partial charge in [-0.05, 0) is 41.0 Å². The van der Waals surface area contributed by atoms with Gasteiger partial charge >= 0.3 is 0 Å². The molecule has 5 nitrogen and oxygen atoms in total. The van der Waals surface area contributed by atoms with Gasteiger partial charge in [0.1, 0.15) is 11.5 Å². The lowest BCUT2D eigenvalue weighted by Crippen LogP contribution is -2.54. The number of benzene rings is 4. The number of Topliss-reactive ketones (excluding diaryl/α,β-unsaturated/α-hetero) is 2. The van der Waals surface area contributed by atoms with Gasteiger partial charge in [-0.25, -0.2) is 0 Å². The first-order valence-electron chi connectivity index (χ1n) is 12.9. The van der Waals surface area contributed by atoms with Gasteiger partial charge in [-0.15, -0.1) is 0 Å². The number of ketones is 2. The molecule has 39 heavy (non-hydrogen) atoms. The number of fused-ring (bicyclic) bond motifs is 5. The Labute approximate surface area is 234 Å². The molecular weight excluding hydrogens is 552 g/mol. The molecule has 3 aliphatic heterocycles. The molecule has 0 saturated carbocycles. The lowest BCUT2D eigenvalue weighted by molar-refractivity contribution is -0.122. The molecule has 4 unspecified atom stereocenters. The number of hydrogen-bond acceptors (Lipinski definition) is 4. The SMILES string of the molecule is O=C(c1ccccc1)C1C2c3ccccc3C=CN2C(C(=O)c2ccc(Br)cc2)C12C(=O)Nc1ccccc12. The van der Waals surface area contributed by atoms with Crippen molar-refractivity contribution in [3.8, 4) is 0 Å². The van der Waals surface area contributed by atoms with Crippen molar-refractivity contribution in [3.05, 3.63) is 142 Å². The van der Waals surface area contributed by atoms with Gasteiger partial charge in [-0.1, -0.05) is 101 Å². The molecular formula is C33H23BrN2O3. The van der Waals surface area contributed by atoms with E-state index in [0.29, 0.717) is 22.4 Å². The number of rotatable bonds is 4. The van der Waals surface area contributed by atoms with Crippen molar-refractivity contribution in [3.63, 3.8) is 0 Å². The summed E-state index contributed by atoms with van der Waals surface area (Å²) >= 11 is 3.46. The third-order valence-electron chi connectivity index (χ3n) is 8.31. The molecule has 4 aromatic rings. The smallest absolute Gasteiger partial charge is 0.238 e. The maximum atomic E-state index is 14.6. The van der Waals surface area contributed by atoms with Crippen LogP contribution >= 0.6 is 15.9 Å². The minimum absolute atomic E-state index is 0.159. The summed E-state index contributed by atoms with van der Waals surface area (Å²) in [5.74, 6) is -1.53. The van der Waals surface area contributed by atoms with Crippen molar-refractivity contribution >= 4 is 45.2 Å². The fourth-order valence-electron chi connectivity index (χ4n) is 6.73. The Morgan fingerprint density at radius 2 is 1.44 bits per heavy atom. The molecule has 1 saturated heterocycles. The van der Waals surface area contributed by atoms with Crippen molar-refractivity contribution in [2.75, 3.05) is 5.32 Å². The molecule has 4 atom stereocenters. The zero-order chi connectivity index (χ0) is 26.7. The number of carbonyl (C=O) groups is 3. The van der Waals surface area contributed by atoms with Crippen LogP contribution in [0, 0.1) is 5.92 Å². The third kappa shape index (κ3) is 3.34. The molecule has 1 spiro atoms. The second kappa shape index (κ2) is 8.89. The predicted molar refractivity (Wildman–Crippen MR) is 153 cm³/mol. The molecule has 0 radical (unpaired) electrons. The normalized spacial score (nSPS) is 24.2. The monoisotopic (exact) mass is 574 g/mol. The van der Waals surface area contributed by atoms with E-state index in [-0.39, 0.29) is 17.5 Å². The molecule has 0 aliphatic carbocycles. The van der Waals surface area contributed by atoms with Crippen molar-refractivity contribution in [1.29, 1.82) is 0 Å². The maximum Gasteiger partial charge on any atom is 0.238 e. The molecule has 1 amide bonds. The van der Waals surface area contributed by atoms with Crippen LogP contribution in [-0.2, 0) is 10.2 Å². The van der Waals surface area contributed by atoms with Crippen LogP contribution in [0.5, 0.6) is 0 Å². The number of para-hydroxylation sites is 1. The minimum Gasteiger partial charge on any atom is -0.358 e. The lowest BCUT2D eigenvalue weighted by atomic mass is 9.63. The van der Waals surface area contributed by atoms with Gasteiger partial charge in [0, 0.05) is 27.5 Å². The summed E-state index contributed by atoms with van der Waals surface area (Å²) in [4.78, 5) is 45.5. The van der Waals surface area contributed by atoms with Gasteiger partial charge < -0.3 is 10.2 Å². The molecule has 190 valence electrons. The van der Waals surface area contributed by atoms with Gasteiger partial charge in [0.15, 0.2) is 11.6 Å². The molecule has 1 N–H and O–H groups in total. The summed E-state index contributed by atoms with van der Waals surface area (Å²) in [7, 11) is 0. The molecule has 0 aromatic heterocycles.